The predicted molar refractivity (Wildman–Crippen MR) is 79.1 cm³/mol. The minimum absolute atomic E-state index is 0.778. The summed E-state index contributed by atoms with van der Waals surface area (Å²) in [6.45, 7) is 5.04. The Morgan fingerprint density at radius 3 is 2.39 bits per heavy atom. The highest BCUT2D eigenvalue weighted by atomic mass is 16.5. The van der Waals surface area contributed by atoms with Crippen LogP contribution in [0, 0.1) is 6.92 Å². The smallest absolute Gasteiger partial charge is 0.142 e. The fraction of sp³-hybridized carbons (Fsp3) is 0.625. The van der Waals surface area contributed by atoms with Crippen molar-refractivity contribution in [2.45, 2.75) is 58.8 Å². The lowest BCUT2D eigenvalue weighted by Gasteiger charge is -2.10. The quantitative estimate of drug-likeness (QED) is 0.508. The number of ether oxygens (including phenoxy) is 1. The summed E-state index contributed by atoms with van der Waals surface area (Å²) in [4.78, 5) is 0. The van der Waals surface area contributed by atoms with Gasteiger partial charge in [0.25, 0.3) is 0 Å². The van der Waals surface area contributed by atoms with Crippen molar-refractivity contribution < 1.29 is 4.74 Å². The van der Waals surface area contributed by atoms with E-state index in [1.54, 1.807) is 0 Å². The summed E-state index contributed by atoms with van der Waals surface area (Å²) in [5.74, 6) is 0.834. The number of unbranched alkanes of at least 4 members (excludes halogenated alkanes) is 6. The second kappa shape index (κ2) is 8.84. The Bertz CT molecular complexity index is 336. The zero-order chi connectivity index (χ0) is 13.2. The fourth-order valence-corrected chi connectivity index (χ4v) is 2.02. The molecule has 0 heterocycles. The number of benzene rings is 1. The molecule has 0 saturated heterocycles. The maximum Gasteiger partial charge on any atom is 0.142 e. The van der Waals surface area contributed by atoms with E-state index in [-0.39, 0.29) is 0 Å². The summed E-state index contributed by atoms with van der Waals surface area (Å²) in [6.07, 6.45) is 9.14. The number of hydrogen-bond donors (Lipinski definition) is 1. The summed E-state index contributed by atoms with van der Waals surface area (Å²) in [5.41, 5.74) is 7.82. The Morgan fingerprint density at radius 2 is 1.67 bits per heavy atom. The van der Waals surface area contributed by atoms with Crippen molar-refractivity contribution in [3.8, 4) is 5.75 Å². The SMILES string of the molecule is CCCCCCCCCOc1cccc(C)c1N. The van der Waals surface area contributed by atoms with Gasteiger partial charge < -0.3 is 10.5 Å². The van der Waals surface area contributed by atoms with Gasteiger partial charge >= 0.3 is 0 Å². The standard InChI is InChI=1S/C16H27NO/c1-3-4-5-6-7-8-9-13-18-15-12-10-11-14(2)16(15)17/h10-12H,3-9,13,17H2,1-2H3. The van der Waals surface area contributed by atoms with Crippen LogP contribution in [0.15, 0.2) is 18.2 Å². The topological polar surface area (TPSA) is 35.2 Å². The van der Waals surface area contributed by atoms with Crippen LogP contribution in [-0.4, -0.2) is 6.61 Å². The van der Waals surface area contributed by atoms with Crippen molar-refractivity contribution >= 4 is 5.69 Å². The molecule has 0 aliphatic heterocycles. The molecule has 1 rings (SSSR count). The fourth-order valence-electron chi connectivity index (χ4n) is 2.02. The van der Waals surface area contributed by atoms with Gasteiger partial charge in [0.2, 0.25) is 0 Å². The van der Waals surface area contributed by atoms with E-state index in [1.807, 2.05) is 25.1 Å². The largest absolute Gasteiger partial charge is 0.491 e. The Morgan fingerprint density at radius 1 is 1.00 bits per heavy atom. The zero-order valence-electron chi connectivity index (χ0n) is 11.9. The second-order valence-electron chi connectivity index (χ2n) is 4.96. The van der Waals surface area contributed by atoms with E-state index in [4.69, 9.17) is 10.5 Å². The molecule has 1 aromatic carbocycles. The molecule has 0 spiro atoms. The Labute approximate surface area is 112 Å². The monoisotopic (exact) mass is 249 g/mol. The highest BCUT2D eigenvalue weighted by molar-refractivity contribution is 5.57. The van der Waals surface area contributed by atoms with Gasteiger partial charge in [-0.25, -0.2) is 0 Å². The summed E-state index contributed by atoms with van der Waals surface area (Å²) < 4.78 is 5.72. The maximum absolute atomic E-state index is 5.95. The lowest BCUT2D eigenvalue weighted by molar-refractivity contribution is 0.305. The lowest BCUT2D eigenvalue weighted by atomic mass is 10.1. The molecule has 0 bridgehead atoms. The molecule has 0 fully saturated rings. The highest BCUT2D eigenvalue weighted by Gasteiger charge is 2.01. The van der Waals surface area contributed by atoms with Crippen LogP contribution >= 0.6 is 0 Å². The Hall–Kier alpha value is -1.18. The molecule has 0 unspecified atom stereocenters. The molecule has 0 amide bonds. The van der Waals surface area contributed by atoms with Crippen molar-refractivity contribution in [3.05, 3.63) is 23.8 Å². The summed E-state index contributed by atoms with van der Waals surface area (Å²) >= 11 is 0. The van der Waals surface area contributed by atoms with Gasteiger partial charge in [0.1, 0.15) is 5.75 Å². The molecule has 0 aromatic heterocycles. The van der Waals surface area contributed by atoms with Gasteiger partial charge in [-0.05, 0) is 25.0 Å². The molecule has 2 nitrogen and oxygen atoms in total. The van der Waals surface area contributed by atoms with Gasteiger partial charge in [-0.3, -0.25) is 0 Å². The van der Waals surface area contributed by atoms with Gasteiger partial charge in [0.05, 0.1) is 12.3 Å². The molecular formula is C16H27NO. The number of nitrogens with two attached hydrogens (primary N) is 1. The Balaban J connectivity index is 2.09. The normalized spacial score (nSPS) is 10.6. The number of rotatable bonds is 9. The van der Waals surface area contributed by atoms with Crippen molar-refractivity contribution in [2.24, 2.45) is 0 Å². The first-order valence-electron chi connectivity index (χ1n) is 7.23. The van der Waals surface area contributed by atoms with Crippen molar-refractivity contribution in [1.82, 2.24) is 0 Å². The molecule has 102 valence electrons. The van der Waals surface area contributed by atoms with Gasteiger partial charge in [-0.2, -0.15) is 0 Å². The highest BCUT2D eigenvalue weighted by Crippen LogP contribution is 2.24. The summed E-state index contributed by atoms with van der Waals surface area (Å²) in [5, 5.41) is 0. The summed E-state index contributed by atoms with van der Waals surface area (Å²) in [7, 11) is 0. The minimum Gasteiger partial charge on any atom is -0.491 e. The van der Waals surface area contributed by atoms with Crippen LogP contribution in [0.3, 0.4) is 0 Å². The first-order chi connectivity index (χ1) is 8.75. The van der Waals surface area contributed by atoms with Gasteiger partial charge in [-0.1, -0.05) is 57.6 Å². The van der Waals surface area contributed by atoms with Crippen LogP contribution in [0.2, 0.25) is 0 Å². The minimum atomic E-state index is 0.778. The molecule has 1 aromatic rings. The van der Waals surface area contributed by atoms with E-state index in [1.165, 1.54) is 38.5 Å². The number of para-hydroxylation sites is 1. The molecule has 0 atom stereocenters. The van der Waals surface area contributed by atoms with Crippen LogP contribution in [0.5, 0.6) is 5.75 Å². The van der Waals surface area contributed by atoms with Crippen molar-refractivity contribution in [1.29, 1.82) is 0 Å². The Kier molecular flexibility index (Phi) is 7.31. The van der Waals surface area contributed by atoms with Crippen molar-refractivity contribution in [3.63, 3.8) is 0 Å². The number of hydrogen-bond acceptors (Lipinski definition) is 2. The molecule has 2 N–H and O–H groups in total. The third-order valence-electron chi connectivity index (χ3n) is 3.29. The van der Waals surface area contributed by atoms with E-state index in [9.17, 15) is 0 Å². The first-order valence-corrected chi connectivity index (χ1v) is 7.23. The molecular weight excluding hydrogens is 222 g/mol. The van der Waals surface area contributed by atoms with E-state index in [0.717, 1.165) is 30.0 Å². The third-order valence-corrected chi connectivity index (χ3v) is 3.29. The van der Waals surface area contributed by atoms with E-state index < -0.39 is 0 Å². The third kappa shape index (κ3) is 5.44. The molecule has 0 aliphatic rings. The average molecular weight is 249 g/mol. The number of aryl methyl sites for hydroxylation is 1. The second-order valence-corrected chi connectivity index (χ2v) is 4.96. The molecule has 2 heteroatoms. The number of anilines is 1. The van der Waals surface area contributed by atoms with Crippen LogP contribution in [0.25, 0.3) is 0 Å². The van der Waals surface area contributed by atoms with E-state index in [2.05, 4.69) is 6.92 Å². The van der Waals surface area contributed by atoms with Crippen LogP contribution in [0.1, 0.15) is 57.4 Å². The van der Waals surface area contributed by atoms with Crippen molar-refractivity contribution in [2.75, 3.05) is 12.3 Å². The summed E-state index contributed by atoms with van der Waals surface area (Å²) in [6, 6.07) is 5.95. The maximum atomic E-state index is 5.95. The van der Waals surface area contributed by atoms with Crippen LogP contribution in [0.4, 0.5) is 5.69 Å². The molecule has 18 heavy (non-hydrogen) atoms. The van der Waals surface area contributed by atoms with Crippen LogP contribution in [-0.2, 0) is 0 Å². The molecule has 0 radical (unpaired) electrons. The molecule has 0 saturated carbocycles. The van der Waals surface area contributed by atoms with Gasteiger partial charge in [-0.15, -0.1) is 0 Å². The first kappa shape index (κ1) is 14.9. The van der Waals surface area contributed by atoms with Gasteiger partial charge in [0, 0.05) is 0 Å². The van der Waals surface area contributed by atoms with E-state index in [0.29, 0.717) is 0 Å². The zero-order valence-corrected chi connectivity index (χ0v) is 11.9. The lowest BCUT2D eigenvalue weighted by Crippen LogP contribution is -2.01. The van der Waals surface area contributed by atoms with Gasteiger partial charge in [0.15, 0.2) is 0 Å². The average Bonchev–Trinajstić information content (AvgIpc) is 2.37. The van der Waals surface area contributed by atoms with Crippen LogP contribution < -0.4 is 10.5 Å². The van der Waals surface area contributed by atoms with E-state index >= 15 is 0 Å². The predicted octanol–water partition coefficient (Wildman–Crippen LogP) is 4.71. The molecule has 0 aliphatic carbocycles. The number of nitrogen functional groups attached to an aromatic ring is 1.